The quantitative estimate of drug-likeness (QED) is 0.519. The van der Waals surface area contributed by atoms with E-state index < -0.39 is 5.41 Å². The van der Waals surface area contributed by atoms with Crippen molar-refractivity contribution >= 4 is 28.8 Å². The van der Waals surface area contributed by atoms with Crippen molar-refractivity contribution in [3.63, 3.8) is 0 Å². The Bertz CT molecular complexity index is 1560. The smallest absolute Gasteiger partial charge is 0.252 e. The van der Waals surface area contributed by atoms with E-state index in [1.807, 2.05) is 98.8 Å². The van der Waals surface area contributed by atoms with Gasteiger partial charge in [-0.25, -0.2) is 0 Å². The number of anilines is 3. The molecule has 1 spiro atoms. The Kier molecular flexibility index (Phi) is 4.89. The molecular weight excluding hydrogens is 460 g/mol. The van der Waals surface area contributed by atoms with E-state index >= 15 is 0 Å². The molecule has 2 N–H and O–H groups in total. The average Bonchev–Trinajstić information content (AvgIpc) is 3.13. The number of nitrogens with zero attached hydrogens (tertiary/aromatic N) is 3. The molecule has 0 saturated carbocycles. The molecule has 0 bridgehead atoms. The first-order chi connectivity index (χ1) is 17.8. The summed E-state index contributed by atoms with van der Waals surface area (Å²) in [5, 5.41) is 10.6. The van der Waals surface area contributed by atoms with Crippen LogP contribution in [0.4, 0.5) is 17.1 Å². The minimum atomic E-state index is -1.61. The molecule has 182 valence electrons. The Balaban J connectivity index is 1.73. The molecule has 1 aliphatic carbocycles. The summed E-state index contributed by atoms with van der Waals surface area (Å²) in [4.78, 5) is 32.3. The van der Waals surface area contributed by atoms with Crippen molar-refractivity contribution in [3.8, 4) is 6.07 Å². The van der Waals surface area contributed by atoms with Crippen molar-refractivity contribution < 1.29 is 9.59 Å². The fourth-order valence-electron chi connectivity index (χ4n) is 6.19. The number of hydrogen-bond acceptors (Lipinski definition) is 5. The number of allylic oxidation sites excluding steroid dienone is 1. The highest BCUT2D eigenvalue weighted by Gasteiger charge is 2.63. The third-order valence-electron chi connectivity index (χ3n) is 7.58. The molecule has 1 amide bonds. The molecule has 3 aliphatic rings. The molecular formula is C31H26N4O2. The standard InChI is InChI=1S/C31H26N4O2/c1-30(2)17-25-27(26(36)18-30)31(23(19-32)28(33)34(25)20-11-5-3-6-12-20)22-15-9-10-16-24(22)35(29(31)37)21-13-7-4-8-14-21/h3-16H,17-18,33H2,1-2H3. The number of Topliss-reactive ketones (excluding diaryl/α,β-unsaturated/α-hetero) is 1. The van der Waals surface area contributed by atoms with E-state index in [9.17, 15) is 14.9 Å². The van der Waals surface area contributed by atoms with Gasteiger partial charge in [-0.1, -0.05) is 68.4 Å². The van der Waals surface area contributed by atoms with E-state index in [0.29, 0.717) is 34.6 Å². The number of fused-ring (bicyclic) bond motifs is 3. The summed E-state index contributed by atoms with van der Waals surface area (Å²) >= 11 is 0. The van der Waals surface area contributed by atoms with Gasteiger partial charge in [0.2, 0.25) is 0 Å². The number of rotatable bonds is 2. The number of nitriles is 1. The molecule has 3 aromatic rings. The zero-order valence-electron chi connectivity index (χ0n) is 20.7. The number of amides is 1. The van der Waals surface area contributed by atoms with E-state index in [2.05, 4.69) is 6.07 Å². The van der Waals surface area contributed by atoms with Crippen molar-refractivity contribution in [1.29, 1.82) is 5.26 Å². The lowest BCUT2D eigenvalue weighted by molar-refractivity contribution is -0.124. The summed E-state index contributed by atoms with van der Waals surface area (Å²) in [6.45, 7) is 4.09. The predicted octanol–water partition coefficient (Wildman–Crippen LogP) is 5.46. The Hall–Kier alpha value is -4.63. The number of ketones is 1. The fourth-order valence-corrected chi connectivity index (χ4v) is 6.19. The Morgan fingerprint density at radius 3 is 2.00 bits per heavy atom. The van der Waals surface area contributed by atoms with Crippen LogP contribution in [0.2, 0.25) is 0 Å². The van der Waals surface area contributed by atoms with Crippen molar-refractivity contribution in [3.05, 3.63) is 113 Å². The molecule has 0 radical (unpaired) electrons. The maximum Gasteiger partial charge on any atom is 0.252 e. The third kappa shape index (κ3) is 3.04. The number of carbonyl (C=O) groups excluding carboxylic acids is 2. The van der Waals surface area contributed by atoms with Gasteiger partial charge in [-0.3, -0.25) is 19.4 Å². The molecule has 2 heterocycles. The van der Waals surface area contributed by atoms with Crippen molar-refractivity contribution in [2.75, 3.05) is 9.80 Å². The minimum Gasteiger partial charge on any atom is -0.384 e. The number of hydrogen-bond donors (Lipinski definition) is 1. The molecule has 37 heavy (non-hydrogen) atoms. The first-order valence-corrected chi connectivity index (χ1v) is 12.3. The molecule has 3 aromatic carbocycles. The number of benzene rings is 3. The summed E-state index contributed by atoms with van der Waals surface area (Å²) in [7, 11) is 0. The van der Waals surface area contributed by atoms with E-state index in [0.717, 1.165) is 5.69 Å². The van der Waals surface area contributed by atoms with Gasteiger partial charge in [-0.15, -0.1) is 0 Å². The summed E-state index contributed by atoms with van der Waals surface area (Å²) in [6, 6.07) is 28.5. The SMILES string of the molecule is CC1(C)CC(=O)C2=C(C1)N(c1ccccc1)C(N)=C(C#N)C21C(=O)N(c2ccccc2)c2ccccc21. The highest BCUT2D eigenvalue weighted by Crippen LogP contribution is 2.59. The fraction of sp³-hybridized carbons (Fsp3) is 0.194. The van der Waals surface area contributed by atoms with Gasteiger partial charge >= 0.3 is 0 Å². The van der Waals surface area contributed by atoms with Gasteiger partial charge in [0.15, 0.2) is 5.78 Å². The highest BCUT2D eigenvalue weighted by atomic mass is 16.2. The third-order valence-corrected chi connectivity index (χ3v) is 7.58. The number of para-hydroxylation sites is 3. The minimum absolute atomic E-state index is 0.0824. The van der Waals surface area contributed by atoms with Crippen molar-refractivity contribution in [1.82, 2.24) is 0 Å². The zero-order chi connectivity index (χ0) is 25.9. The molecule has 6 rings (SSSR count). The molecule has 0 aromatic heterocycles. The second-order valence-electron chi connectivity index (χ2n) is 10.5. The van der Waals surface area contributed by atoms with Gasteiger partial charge in [-0.2, -0.15) is 5.26 Å². The summed E-state index contributed by atoms with van der Waals surface area (Å²) < 4.78 is 0. The Morgan fingerprint density at radius 2 is 1.38 bits per heavy atom. The van der Waals surface area contributed by atoms with Crippen LogP contribution < -0.4 is 15.5 Å². The molecule has 1 unspecified atom stereocenters. The second kappa shape index (κ2) is 7.94. The van der Waals surface area contributed by atoms with Crippen molar-refractivity contribution in [2.45, 2.75) is 32.1 Å². The monoisotopic (exact) mass is 486 g/mol. The Labute approximate surface area is 215 Å². The second-order valence-corrected chi connectivity index (χ2v) is 10.5. The molecule has 0 saturated heterocycles. The van der Waals surface area contributed by atoms with Gasteiger partial charge in [0.1, 0.15) is 17.3 Å². The average molecular weight is 487 g/mol. The summed E-state index contributed by atoms with van der Waals surface area (Å²) in [5.74, 6) is -0.311. The topological polar surface area (TPSA) is 90.4 Å². The molecule has 6 nitrogen and oxygen atoms in total. The van der Waals surface area contributed by atoms with Gasteiger partial charge in [0.05, 0.1) is 11.3 Å². The lowest BCUT2D eigenvalue weighted by atomic mass is 9.60. The summed E-state index contributed by atoms with van der Waals surface area (Å²) in [6.07, 6.45) is 0.806. The van der Waals surface area contributed by atoms with Gasteiger partial charge in [-0.05, 0) is 42.2 Å². The van der Waals surface area contributed by atoms with Crippen LogP contribution in [0.3, 0.4) is 0 Å². The van der Waals surface area contributed by atoms with Crippen LogP contribution in [0.25, 0.3) is 0 Å². The largest absolute Gasteiger partial charge is 0.384 e. The van der Waals surface area contributed by atoms with Crippen LogP contribution >= 0.6 is 0 Å². The molecule has 6 heteroatoms. The van der Waals surface area contributed by atoms with Crippen LogP contribution in [0, 0.1) is 16.7 Å². The van der Waals surface area contributed by atoms with E-state index in [4.69, 9.17) is 5.73 Å². The van der Waals surface area contributed by atoms with E-state index in [1.54, 1.807) is 9.80 Å². The lowest BCUT2D eigenvalue weighted by Crippen LogP contribution is -2.53. The van der Waals surface area contributed by atoms with Gasteiger partial charge in [0, 0.05) is 34.6 Å². The predicted molar refractivity (Wildman–Crippen MR) is 143 cm³/mol. The normalized spacial score (nSPS) is 22.3. The van der Waals surface area contributed by atoms with Crippen LogP contribution in [-0.4, -0.2) is 11.7 Å². The van der Waals surface area contributed by atoms with Crippen molar-refractivity contribution in [2.24, 2.45) is 11.1 Å². The number of nitrogens with two attached hydrogens (primary N) is 1. The van der Waals surface area contributed by atoms with Crippen LogP contribution in [0.1, 0.15) is 32.3 Å². The number of carbonyl (C=O) groups is 2. The van der Waals surface area contributed by atoms with Crippen LogP contribution in [0.5, 0.6) is 0 Å². The maximum atomic E-state index is 14.7. The molecule has 2 aliphatic heterocycles. The first-order valence-electron chi connectivity index (χ1n) is 12.3. The van der Waals surface area contributed by atoms with Gasteiger partial charge in [0.25, 0.3) is 5.91 Å². The van der Waals surface area contributed by atoms with Gasteiger partial charge < -0.3 is 5.73 Å². The Morgan fingerprint density at radius 1 is 0.811 bits per heavy atom. The van der Waals surface area contributed by atoms with Crippen LogP contribution in [0.15, 0.2) is 108 Å². The molecule has 1 atom stereocenters. The zero-order valence-corrected chi connectivity index (χ0v) is 20.7. The van der Waals surface area contributed by atoms with E-state index in [-0.39, 0.29) is 34.9 Å². The maximum absolute atomic E-state index is 14.7. The molecule has 0 fully saturated rings. The summed E-state index contributed by atoms with van der Waals surface area (Å²) in [5.41, 5.74) is 8.68. The highest BCUT2D eigenvalue weighted by molar-refractivity contribution is 6.23. The first kappa shape index (κ1) is 22.8. The van der Waals surface area contributed by atoms with E-state index in [1.165, 1.54) is 0 Å². The van der Waals surface area contributed by atoms with Crippen LogP contribution in [-0.2, 0) is 15.0 Å². The lowest BCUT2D eigenvalue weighted by Gasteiger charge is -2.47.